The fourth-order valence-electron chi connectivity index (χ4n) is 2.26. The Morgan fingerprint density at radius 1 is 1.44 bits per heavy atom. The first-order valence-corrected chi connectivity index (χ1v) is 6.43. The molecule has 1 unspecified atom stereocenters. The Balaban J connectivity index is 2.04. The molecule has 0 spiro atoms. The molecular weight excluding hydrogens is 228 g/mol. The molecule has 1 fully saturated rings. The summed E-state index contributed by atoms with van der Waals surface area (Å²) in [6.45, 7) is 5.76. The molecule has 1 saturated heterocycles. The highest BCUT2D eigenvalue weighted by molar-refractivity contribution is 5.87. The summed E-state index contributed by atoms with van der Waals surface area (Å²) in [5, 5.41) is 4.43. The molecule has 3 heterocycles. The number of nitrogens with one attached hydrogen (secondary N) is 2. The van der Waals surface area contributed by atoms with Crippen LogP contribution in [0.2, 0.25) is 0 Å². The summed E-state index contributed by atoms with van der Waals surface area (Å²) < 4.78 is 5.42. The molecule has 18 heavy (non-hydrogen) atoms. The normalized spacial score (nSPS) is 19.8. The van der Waals surface area contributed by atoms with E-state index in [2.05, 4.69) is 34.1 Å². The lowest BCUT2D eigenvalue weighted by Gasteiger charge is -2.13. The van der Waals surface area contributed by atoms with E-state index >= 15 is 0 Å². The Hall–Kier alpha value is -1.62. The van der Waals surface area contributed by atoms with Gasteiger partial charge in [0.15, 0.2) is 0 Å². The lowest BCUT2D eigenvalue weighted by atomic mass is 10.1. The van der Waals surface area contributed by atoms with Crippen molar-refractivity contribution in [2.75, 3.05) is 18.5 Å². The Morgan fingerprint density at radius 3 is 3.06 bits per heavy atom. The number of aromatic amines is 1. The van der Waals surface area contributed by atoms with Gasteiger partial charge in [-0.1, -0.05) is 0 Å². The minimum Gasteiger partial charge on any atom is -0.381 e. The lowest BCUT2D eigenvalue weighted by molar-refractivity contribution is 0.193. The van der Waals surface area contributed by atoms with Crippen molar-refractivity contribution < 1.29 is 4.74 Å². The minimum absolute atomic E-state index is 0.324. The molecule has 0 saturated carbocycles. The molecule has 3 rings (SSSR count). The van der Waals surface area contributed by atoms with Gasteiger partial charge in [-0.3, -0.25) is 0 Å². The van der Waals surface area contributed by atoms with E-state index in [4.69, 9.17) is 4.74 Å². The second-order valence-electron chi connectivity index (χ2n) is 5.03. The van der Waals surface area contributed by atoms with Crippen LogP contribution in [0.4, 0.5) is 5.82 Å². The van der Waals surface area contributed by atoms with Gasteiger partial charge < -0.3 is 15.0 Å². The van der Waals surface area contributed by atoms with Gasteiger partial charge in [-0.25, -0.2) is 9.97 Å². The van der Waals surface area contributed by atoms with Crippen molar-refractivity contribution in [1.29, 1.82) is 0 Å². The Kier molecular flexibility index (Phi) is 2.91. The van der Waals surface area contributed by atoms with Crippen molar-refractivity contribution >= 4 is 16.9 Å². The molecule has 2 N–H and O–H groups in total. The number of ether oxygens (including phenoxy) is 1. The first kappa shape index (κ1) is 11.5. The monoisotopic (exact) mass is 246 g/mol. The summed E-state index contributed by atoms with van der Waals surface area (Å²) in [7, 11) is 0. The standard InChI is InChI=1S/C13H18N4O/c1-8(2)15-13-10-3-5-14-12(10)16-11(17-13)9-4-6-18-7-9/h3,5,8-9H,4,6-7H2,1-2H3,(H2,14,15,16,17). The maximum absolute atomic E-state index is 5.42. The Morgan fingerprint density at radius 2 is 2.33 bits per heavy atom. The van der Waals surface area contributed by atoms with E-state index in [0.717, 1.165) is 42.3 Å². The van der Waals surface area contributed by atoms with Crippen LogP contribution >= 0.6 is 0 Å². The molecule has 2 aromatic heterocycles. The van der Waals surface area contributed by atoms with Crippen LogP contribution in [0.15, 0.2) is 12.3 Å². The molecule has 1 aliphatic heterocycles. The molecule has 5 heteroatoms. The summed E-state index contributed by atoms with van der Waals surface area (Å²) in [5.41, 5.74) is 0.898. The van der Waals surface area contributed by atoms with Gasteiger partial charge in [0.05, 0.1) is 12.0 Å². The summed E-state index contributed by atoms with van der Waals surface area (Å²) >= 11 is 0. The molecule has 0 amide bonds. The highest BCUT2D eigenvalue weighted by Crippen LogP contribution is 2.27. The first-order chi connectivity index (χ1) is 8.74. The number of nitrogens with zero attached hydrogens (tertiary/aromatic N) is 2. The third kappa shape index (κ3) is 2.06. The molecule has 1 aliphatic rings. The van der Waals surface area contributed by atoms with E-state index < -0.39 is 0 Å². The highest BCUT2D eigenvalue weighted by atomic mass is 16.5. The number of aromatic nitrogens is 3. The molecule has 96 valence electrons. The summed E-state index contributed by atoms with van der Waals surface area (Å²) in [5.74, 6) is 2.12. The van der Waals surface area contributed by atoms with Crippen molar-refractivity contribution in [3.05, 3.63) is 18.1 Å². The smallest absolute Gasteiger partial charge is 0.143 e. The number of H-pyrrole nitrogens is 1. The van der Waals surface area contributed by atoms with E-state index in [1.807, 2.05) is 12.3 Å². The van der Waals surface area contributed by atoms with Gasteiger partial charge in [0.1, 0.15) is 17.3 Å². The number of rotatable bonds is 3. The van der Waals surface area contributed by atoms with Gasteiger partial charge in [0, 0.05) is 24.8 Å². The second-order valence-corrected chi connectivity index (χ2v) is 5.03. The van der Waals surface area contributed by atoms with Crippen molar-refractivity contribution in [1.82, 2.24) is 15.0 Å². The van der Waals surface area contributed by atoms with Gasteiger partial charge in [-0.05, 0) is 26.3 Å². The molecule has 0 aromatic carbocycles. The van der Waals surface area contributed by atoms with Crippen LogP contribution in [0.1, 0.15) is 32.0 Å². The van der Waals surface area contributed by atoms with Crippen LogP contribution in [0, 0.1) is 0 Å². The number of anilines is 1. The predicted octanol–water partition coefficient (Wildman–Crippen LogP) is 2.28. The van der Waals surface area contributed by atoms with Crippen molar-refractivity contribution in [2.45, 2.75) is 32.2 Å². The molecule has 0 radical (unpaired) electrons. The number of hydrogen-bond acceptors (Lipinski definition) is 4. The molecule has 2 aromatic rings. The van der Waals surface area contributed by atoms with Gasteiger partial charge in [-0.2, -0.15) is 0 Å². The first-order valence-electron chi connectivity index (χ1n) is 6.43. The third-order valence-corrected chi connectivity index (χ3v) is 3.15. The Bertz CT molecular complexity index is 543. The lowest BCUT2D eigenvalue weighted by Crippen LogP contribution is -2.14. The van der Waals surface area contributed by atoms with Crippen LogP contribution in [0.25, 0.3) is 11.0 Å². The average molecular weight is 246 g/mol. The second kappa shape index (κ2) is 4.57. The van der Waals surface area contributed by atoms with Crippen LogP contribution in [-0.4, -0.2) is 34.2 Å². The average Bonchev–Trinajstić information content (AvgIpc) is 2.99. The van der Waals surface area contributed by atoms with E-state index in [0.29, 0.717) is 12.0 Å². The topological polar surface area (TPSA) is 62.8 Å². The van der Waals surface area contributed by atoms with Crippen LogP contribution in [-0.2, 0) is 4.74 Å². The van der Waals surface area contributed by atoms with Crippen LogP contribution < -0.4 is 5.32 Å². The summed E-state index contributed by atoms with van der Waals surface area (Å²) in [6, 6.07) is 2.36. The van der Waals surface area contributed by atoms with E-state index in [1.165, 1.54) is 0 Å². The van der Waals surface area contributed by atoms with Crippen molar-refractivity contribution in [3.8, 4) is 0 Å². The molecule has 5 nitrogen and oxygen atoms in total. The molecular formula is C13H18N4O. The maximum Gasteiger partial charge on any atom is 0.143 e. The van der Waals surface area contributed by atoms with E-state index in [1.54, 1.807) is 0 Å². The van der Waals surface area contributed by atoms with Crippen molar-refractivity contribution in [2.24, 2.45) is 0 Å². The summed E-state index contributed by atoms with van der Waals surface area (Å²) in [6.07, 6.45) is 2.91. The third-order valence-electron chi connectivity index (χ3n) is 3.15. The SMILES string of the molecule is CC(C)Nc1nc(C2CCOC2)nc2[nH]ccc12. The van der Waals surface area contributed by atoms with E-state index in [9.17, 15) is 0 Å². The highest BCUT2D eigenvalue weighted by Gasteiger charge is 2.22. The minimum atomic E-state index is 0.324. The van der Waals surface area contributed by atoms with Crippen LogP contribution in [0.5, 0.6) is 0 Å². The number of hydrogen-bond donors (Lipinski definition) is 2. The molecule has 0 aliphatic carbocycles. The fraction of sp³-hybridized carbons (Fsp3) is 0.538. The molecule has 1 atom stereocenters. The van der Waals surface area contributed by atoms with Gasteiger partial charge in [0.25, 0.3) is 0 Å². The van der Waals surface area contributed by atoms with Crippen molar-refractivity contribution in [3.63, 3.8) is 0 Å². The zero-order chi connectivity index (χ0) is 12.5. The fourth-order valence-corrected chi connectivity index (χ4v) is 2.26. The predicted molar refractivity (Wildman–Crippen MR) is 70.8 cm³/mol. The van der Waals surface area contributed by atoms with Gasteiger partial charge in [0.2, 0.25) is 0 Å². The zero-order valence-corrected chi connectivity index (χ0v) is 10.7. The van der Waals surface area contributed by atoms with Gasteiger partial charge >= 0.3 is 0 Å². The largest absolute Gasteiger partial charge is 0.381 e. The van der Waals surface area contributed by atoms with E-state index in [-0.39, 0.29) is 0 Å². The van der Waals surface area contributed by atoms with Crippen LogP contribution in [0.3, 0.4) is 0 Å². The molecule has 0 bridgehead atoms. The maximum atomic E-state index is 5.42. The zero-order valence-electron chi connectivity index (χ0n) is 10.7. The quantitative estimate of drug-likeness (QED) is 0.872. The summed E-state index contributed by atoms with van der Waals surface area (Å²) in [4.78, 5) is 12.4. The number of fused-ring (bicyclic) bond motifs is 1. The van der Waals surface area contributed by atoms with Gasteiger partial charge in [-0.15, -0.1) is 0 Å². The Labute approximate surface area is 106 Å².